The molecule has 3 amide bonds. The molecule has 0 aliphatic carbocycles. The van der Waals surface area contributed by atoms with Gasteiger partial charge in [0.15, 0.2) is 18.1 Å². The number of urea groups is 1. The first-order valence-electron chi connectivity index (χ1n) is 9.99. The number of nitrogens with zero attached hydrogens (tertiary/aromatic N) is 2. The minimum absolute atomic E-state index is 0.0678. The lowest BCUT2D eigenvalue weighted by atomic mass is 10.2. The van der Waals surface area contributed by atoms with Crippen molar-refractivity contribution < 1.29 is 19.1 Å². The van der Waals surface area contributed by atoms with E-state index in [0.717, 1.165) is 0 Å². The second kappa shape index (κ2) is 12.4. The van der Waals surface area contributed by atoms with Crippen molar-refractivity contribution in [2.24, 2.45) is 5.10 Å². The third-order valence-corrected chi connectivity index (χ3v) is 4.47. The number of carbonyl (C=O) groups excluding carboxylic acids is 2. The SMILES string of the molecule is CCOc1cc(/C=N\NC(=O)Nc2ccc(Cl)cc2)ccc1OCC(=O)N(CC)CC. The van der Waals surface area contributed by atoms with Crippen LogP contribution in [0.2, 0.25) is 5.02 Å². The Morgan fingerprint density at radius 3 is 2.39 bits per heavy atom. The quantitative estimate of drug-likeness (QED) is 0.423. The van der Waals surface area contributed by atoms with Crippen LogP contribution in [0.15, 0.2) is 47.6 Å². The van der Waals surface area contributed by atoms with E-state index in [2.05, 4.69) is 15.8 Å². The van der Waals surface area contributed by atoms with Gasteiger partial charge >= 0.3 is 6.03 Å². The highest BCUT2D eigenvalue weighted by Crippen LogP contribution is 2.28. The Kier molecular flexibility index (Phi) is 9.64. The molecule has 2 aromatic carbocycles. The van der Waals surface area contributed by atoms with Gasteiger partial charge in [0.2, 0.25) is 0 Å². The lowest BCUT2D eigenvalue weighted by Gasteiger charge is -2.19. The van der Waals surface area contributed by atoms with Crippen LogP contribution in [0.1, 0.15) is 26.3 Å². The molecule has 0 aromatic heterocycles. The molecule has 0 bridgehead atoms. The summed E-state index contributed by atoms with van der Waals surface area (Å²) in [5.41, 5.74) is 3.68. The number of amides is 3. The number of likely N-dealkylation sites (N-methyl/N-ethyl adjacent to an activating group) is 1. The Hall–Kier alpha value is -3.26. The molecule has 166 valence electrons. The molecular formula is C22H27ClN4O4. The zero-order chi connectivity index (χ0) is 22.6. The molecule has 0 aliphatic heterocycles. The van der Waals surface area contributed by atoms with E-state index in [1.54, 1.807) is 47.4 Å². The van der Waals surface area contributed by atoms with E-state index < -0.39 is 6.03 Å². The second-order valence-corrected chi connectivity index (χ2v) is 6.76. The fourth-order valence-electron chi connectivity index (χ4n) is 2.66. The smallest absolute Gasteiger partial charge is 0.339 e. The number of ether oxygens (including phenoxy) is 2. The maximum Gasteiger partial charge on any atom is 0.339 e. The number of anilines is 1. The molecule has 0 heterocycles. The normalized spacial score (nSPS) is 10.6. The van der Waals surface area contributed by atoms with Gasteiger partial charge in [0.05, 0.1) is 12.8 Å². The second-order valence-electron chi connectivity index (χ2n) is 6.32. The molecule has 9 heteroatoms. The van der Waals surface area contributed by atoms with Crippen molar-refractivity contribution in [2.75, 3.05) is 31.6 Å². The molecule has 2 aromatic rings. The molecule has 0 spiro atoms. The molecule has 0 unspecified atom stereocenters. The summed E-state index contributed by atoms with van der Waals surface area (Å²) in [6.07, 6.45) is 1.48. The summed E-state index contributed by atoms with van der Waals surface area (Å²) in [5, 5.41) is 7.16. The molecule has 0 radical (unpaired) electrons. The van der Waals surface area contributed by atoms with Crippen LogP contribution >= 0.6 is 11.6 Å². The van der Waals surface area contributed by atoms with E-state index >= 15 is 0 Å². The van der Waals surface area contributed by atoms with Crippen LogP contribution in [-0.2, 0) is 4.79 Å². The van der Waals surface area contributed by atoms with Crippen molar-refractivity contribution in [3.05, 3.63) is 53.1 Å². The van der Waals surface area contributed by atoms with Gasteiger partial charge in [-0.1, -0.05) is 11.6 Å². The summed E-state index contributed by atoms with van der Waals surface area (Å²) in [7, 11) is 0. The van der Waals surface area contributed by atoms with Crippen molar-refractivity contribution in [3.63, 3.8) is 0 Å². The van der Waals surface area contributed by atoms with Crippen LogP contribution < -0.4 is 20.2 Å². The predicted molar refractivity (Wildman–Crippen MR) is 122 cm³/mol. The lowest BCUT2D eigenvalue weighted by Crippen LogP contribution is -2.34. The maximum atomic E-state index is 12.2. The molecule has 0 aliphatic rings. The average molecular weight is 447 g/mol. The van der Waals surface area contributed by atoms with Crippen LogP contribution in [0.3, 0.4) is 0 Å². The van der Waals surface area contributed by atoms with Gasteiger partial charge in [0.1, 0.15) is 0 Å². The minimum atomic E-state index is -0.488. The largest absolute Gasteiger partial charge is 0.490 e. The predicted octanol–water partition coefficient (Wildman–Crippen LogP) is 4.14. The van der Waals surface area contributed by atoms with E-state index in [9.17, 15) is 9.59 Å². The topological polar surface area (TPSA) is 92.3 Å². The summed E-state index contributed by atoms with van der Waals surface area (Å²) < 4.78 is 11.3. The van der Waals surface area contributed by atoms with Gasteiger partial charge in [-0.3, -0.25) is 4.79 Å². The van der Waals surface area contributed by atoms with Gasteiger partial charge in [0, 0.05) is 23.8 Å². The van der Waals surface area contributed by atoms with Crippen LogP contribution in [0.4, 0.5) is 10.5 Å². The highest BCUT2D eigenvalue weighted by Gasteiger charge is 2.13. The molecule has 0 atom stereocenters. The molecule has 0 fully saturated rings. The van der Waals surface area contributed by atoms with E-state index in [1.807, 2.05) is 20.8 Å². The number of carbonyl (C=O) groups is 2. The minimum Gasteiger partial charge on any atom is -0.490 e. The Morgan fingerprint density at radius 2 is 1.74 bits per heavy atom. The Balaban J connectivity index is 1.96. The molecule has 0 saturated carbocycles. The molecule has 31 heavy (non-hydrogen) atoms. The zero-order valence-corrected chi connectivity index (χ0v) is 18.6. The van der Waals surface area contributed by atoms with Crippen molar-refractivity contribution in [3.8, 4) is 11.5 Å². The number of halogens is 1. The Morgan fingerprint density at radius 1 is 1.03 bits per heavy atom. The summed E-state index contributed by atoms with van der Waals surface area (Å²) in [6.45, 7) is 7.32. The highest BCUT2D eigenvalue weighted by atomic mass is 35.5. The number of hydrogen-bond acceptors (Lipinski definition) is 5. The number of benzene rings is 2. The Bertz CT molecular complexity index is 899. The van der Waals surface area contributed by atoms with E-state index in [4.69, 9.17) is 21.1 Å². The first-order chi connectivity index (χ1) is 15.0. The third-order valence-electron chi connectivity index (χ3n) is 4.22. The molecule has 2 N–H and O–H groups in total. The van der Waals surface area contributed by atoms with Gasteiger partial charge in [-0.25, -0.2) is 10.2 Å². The summed E-state index contributed by atoms with van der Waals surface area (Å²) >= 11 is 5.82. The fraction of sp³-hybridized carbons (Fsp3) is 0.318. The monoisotopic (exact) mass is 446 g/mol. The van der Waals surface area contributed by atoms with Gasteiger partial charge in [0.25, 0.3) is 5.91 Å². The first kappa shape index (κ1) is 24.0. The van der Waals surface area contributed by atoms with Gasteiger partial charge in [-0.05, 0) is 68.8 Å². The maximum absolute atomic E-state index is 12.2. The number of nitrogens with one attached hydrogen (secondary N) is 2. The van der Waals surface area contributed by atoms with Crippen LogP contribution in [0.5, 0.6) is 11.5 Å². The summed E-state index contributed by atoms with van der Waals surface area (Å²) in [6, 6.07) is 11.4. The summed E-state index contributed by atoms with van der Waals surface area (Å²) in [4.78, 5) is 25.8. The molecule has 8 nitrogen and oxygen atoms in total. The van der Waals surface area contributed by atoms with Crippen LogP contribution in [-0.4, -0.2) is 49.4 Å². The van der Waals surface area contributed by atoms with E-state index in [0.29, 0.717) is 47.5 Å². The van der Waals surface area contributed by atoms with Crippen molar-refractivity contribution in [1.29, 1.82) is 0 Å². The number of hydrogen-bond donors (Lipinski definition) is 2. The van der Waals surface area contributed by atoms with Gasteiger partial charge < -0.3 is 19.7 Å². The zero-order valence-electron chi connectivity index (χ0n) is 17.9. The number of hydrazone groups is 1. The lowest BCUT2D eigenvalue weighted by molar-refractivity contribution is -0.132. The first-order valence-corrected chi connectivity index (χ1v) is 10.4. The van der Waals surface area contributed by atoms with Crippen molar-refractivity contribution >= 4 is 35.4 Å². The van der Waals surface area contributed by atoms with Crippen LogP contribution in [0.25, 0.3) is 0 Å². The molecule has 0 saturated heterocycles. The van der Waals surface area contributed by atoms with Crippen molar-refractivity contribution in [1.82, 2.24) is 10.3 Å². The summed E-state index contributed by atoms with van der Waals surface area (Å²) in [5.74, 6) is 0.867. The average Bonchev–Trinajstić information content (AvgIpc) is 2.76. The Labute approximate surface area is 187 Å². The van der Waals surface area contributed by atoms with E-state index in [1.165, 1.54) is 6.21 Å². The third kappa shape index (κ3) is 7.82. The van der Waals surface area contributed by atoms with Crippen molar-refractivity contribution in [2.45, 2.75) is 20.8 Å². The standard InChI is InChI=1S/C22H27ClN4O4/c1-4-27(5-2)21(28)15-31-19-12-7-16(13-20(19)30-6-3)14-24-26-22(29)25-18-10-8-17(23)9-11-18/h7-14H,4-6,15H2,1-3H3,(H2,25,26,29)/b24-14-. The van der Waals surface area contributed by atoms with Gasteiger partial charge in [-0.2, -0.15) is 5.10 Å². The van der Waals surface area contributed by atoms with Crippen LogP contribution in [0, 0.1) is 0 Å². The van der Waals surface area contributed by atoms with E-state index in [-0.39, 0.29) is 12.5 Å². The number of rotatable bonds is 10. The highest BCUT2D eigenvalue weighted by molar-refractivity contribution is 6.30. The molecule has 2 rings (SSSR count). The van der Waals surface area contributed by atoms with Gasteiger partial charge in [-0.15, -0.1) is 0 Å². The fourth-order valence-corrected chi connectivity index (χ4v) is 2.78. The molecular weight excluding hydrogens is 420 g/mol.